The van der Waals surface area contributed by atoms with Crippen molar-refractivity contribution in [2.24, 2.45) is 0 Å². The molecule has 0 radical (unpaired) electrons. The van der Waals surface area contributed by atoms with Crippen molar-refractivity contribution >= 4 is 23.4 Å². The van der Waals surface area contributed by atoms with Crippen LogP contribution in [0.15, 0.2) is 60.7 Å². The molecular weight excluding hydrogens is 346 g/mol. The van der Waals surface area contributed by atoms with Crippen LogP contribution in [0.3, 0.4) is 0 Å². The molecule has 0 N–H and O–H groups in total. The van der Waals surface area contributed by atoms with Crippen LogP contribution >= 0.6 is 0 Å². The lowest BCUT2D eigenvalue weighted by molar-refractivity contribution is -0.155. The van der Waals surface area contributed by atoms with Gasteiger partial charge in [0.2, 0.25) is 5.78 Å². The summed E-state index contributed by atoms with van der Waals surface area (Å²) in [6.07, 6.45) is 0.982. The Hall–Kier alpha value is -3.28. The number of nitrogens with zero attached hydrogens (tertiary/aromatic N) is 1. The fourth-order valence-corrected chi connectivity index (χ4v) is 3.03. The van der Waals surface area contributed by atoms with Gasteiger partial charge in [-0.1, -0.05) is 60.7 Å². The van der Waals surface area contributed by atoms with Crippen LogP contribution in [0.5, 0.6) is 0 Å². The van der Waals surface area contributed by atoms with Gasteiger partial charge >= 0.3 is 5.97 Å². The van der Waals surface area contributed by atoms with Crippen LogP contribution in [0.25, 0.3) is 0 Å². The van der Waals surface area contributed by atoms with Crippen molar-refractivity contribution in [3.63, 3.8) is 0 Å². The molecule has 1 amide bonds. The fraction of sp³-hybridized carbons (Fsp3) is 0.238. The Balaban J connectivity index is 1.64. The maximum Gasteiger partial charge on any atom is 0.329 e. The zero-order valence-corrected chi connectivity index (χ0v) is 14.7. The van der Waals surface area contributed by atoms with E-state index in [9.17, 15) is 19.2 Å². The number of ketones is 2. The Morgan fingerprint density at radius 2 is 1.56 bits per heavy atom. The van der Waals surface area contributed by atoms with E-state index in [1.807, 2.05) is 30.3 Å². The highest BCUT2D eigenvalue weighted by Crippen LogP contribution is 2.20. The summed E-state index contributed by atoms with van der Waals surface area (Å²) in [6, 6.07) is 16.2. The molecule has 0 aliphatic carbocycles. The quantitative estimate of drug-likeness (QED) is 0.339. The van der Waals surface area contributed by atoms with Crippen LogP contribution in [0.4, 0.5) is 0 Å². The first kappa shape index (κ1) is 18.5. The average molecular weight is 365 g/mol. The third-order valence-electron chi connectivity index (χ3n) is 4.45. The van der Waals surface area contributed by atoms with Gasteiger partial charge in [-0.25, -0.2) is 4.79 Å². The first-order chi connectivity index (χ1) is 13.1. The van der Waals surface area contributed by atoms with E-state index in [1.165, 1.54) is 12.1 Å². The zero-order chi connectivity index (χ0) is 19.2. The lowest BCUT2D eigenvalue weighted by Crippen LogP contribution is -2.46. The molecule has 6 nitrogen and oxygen atoms in total. The van der Waals surface area contributed by atoms with Gasteiger partial charge in [0.05, 0.1) is 0 Å². The molecule has 0 spiro atoms. The minimum absolute atomic E-state index is 0.0924. The van der Waals surface area contributed by atoms with E-state index in [0.717, 1.165) is 10.5 Å². The van der Waals surface area contributed by atoms with Crippen molar-refractivity contribution in [3.05, 3.63) is 71.8 Å². The Morgan fingerprint density at radius 1 is 0.926 bits per heavy atom. The van der Waals surface area contributed by atoms with Crippen LogP contribution in [-0.2, 0) is 25.7 Å². The molecule has 2 aromatic carbocycles. The number of esters is 1. The van der Waals surface area contributed by atoms with Crippen molar-refractivity contribution in [1.29, 1.82) is 0 Å². The Kier molecular flexibility index (Phi) is 5.76. The summed E-state index contributed by atoms with van der Waals surface area (Å²) in [7, 11) is 0. The summed E-state index contributed by atoms with van der Waals surface area (Å²) in [5.74, 6) is -3.53. The first-order valence-electron chi connectivity index (χ1n) is 8.73. The van der Waals surface area contributed by atoms with Gasteiger partial charge < -0.3 is 9.64 Å². The highest BCUT2D eigenvalue weighted by atomic mass is 16.5. The number of likely N-dealkylation sites (tertiary alicyclic amines) is 1. The lowest BCUT2D eigenvalue weighted by Gasteiger charge is -2.22. The third-order valence-corrected chi connectivity index (χ3v) is 4.45. The summed E-state index contributed by atoms with van der Waals surface area (Å²) in [5, 5.41) is 0. The second-order valence-electron chi connectivity index (χ2n) is 6.27. The van der Waals surface area contributed by atoms with Crippen LogP contribution < -0.4 is 0 Å². The molecule has 1 atom stereocenters. The van der Waals surface area contributed by atoms with Crippen molar-refractivity contribution in [1.82, 2.24) is 4.90 Å². The number of hydrogen-bond donors (Lipinski definition) is 0. The fourth-order valence-electron chi connectivity index (χ4n) is 3.03. The van der Waals surface area contributed by atoms with Crippen LogP contribution in [0.1, 0.15) is 28.8 Å². The van der Waals surface area contributed by atoms with Crippen LogP contribution in [0, 0.1) is 0 Å². The molecule has 1 aliphatic heterocycles. The standard InChI is InChI=1S/C21H19NO5/c23-18(16-10-5-2-6-11-16)19(24)20(25)22-13-7-12-17(22)21(26)27-14-15-8-3-1-4-9-15/h1-6,8-11,17H,7,12-14H2/t17-/m1/s1. The van der Waals surface area contributed by atoms with Gasteiger partial charge in [-0.3, -0.25) is 14.4 Å². The maximum atomic E-state index is 12.5. The first-order valence-corrected chi connectivity index (χ1v) is 8.73. The minimum atomic E-state index is -1.14. The number of hydrogen-bond acceptors (Lipinski definition) is 5. The van der Waals surface area contributed by atoms with Crippen molar-refractivity contribution in [3.8, 4) is 0 Å². The average Bonchev–Trinajstić information content (AvgIpc) is 3.21. The number of rotatable bonds is 6. The normalized spacial score (nSPS) is 16.0. The molecule has 3 rings (SSSR count). The number of amides is 1. The van der Waals surface area contributed by atoms with Crippen molar-refractivity contribution < 1.29 is 23.9 Å². The van der Waals surface area contributed by atoms with Gasteiger partial charge in [0.25, 0.3) is 11.7 Å². The van der Waals surface area contributed by atoms with Crippen LogP contribution in [-0.4, -0.2) is 40.9 Å². The highest BCUT2D eigenvalue weighted by molar-refractivity contribution is 6.66. The number of Topliss-reactive ketones (excluding diaryl/α,β-unsaturated/α-hetero) is 2. The number of carbonyl (C=O) groups is 4. The van der Waals surface area contributed by atoms with E-state index in [2.05, 4.69) is 0 Å². The van der Waals surface area contributed by atoms with E-state index in [-0.39, 0.29) is 18.7 Å². The van der Waals surface area contributed by atoms with Gasteiger partial charge in [-0.05, 0) is 18.4 Å². The zero-order valence-electron chi connectivity index (χ0n) is 14.7. The molecule has 0 bridgehead atoms. The summed E-state index contributed by atoms with van der Waals surface area (Å²) in [6.45, 7) is 0.340. The van der Waals surface area contributed by atoms with E-state index in [4.69, 9.17) is 4.74 Å². The van der Waals surface area contributed by atoms with Gasteiger partial charge in [0.15, 0.2) is 0 Å². The van der Waals surface area contributed by atoms with E-state index in [1.54, 1.807) is 18.2 Å². The van der Waals surface area contributed by atoms with Crippen LogP contribution in [0.2, 0.25) is 0 Å². The van der Waals surface area contributed by atoms with Gasteiger partial charge in [0, 0.05) is 12.1 Å². The summed E-state index contributed by atoms with van der Waals surface area (Å²) in [4.78, 5) is 50.5. The van der Waals surface area contributed by atoms with E-state index < -0.39 is 29.5 Å². The predicted molar refractivity (Wildman–Crippen MR) is 96.8 cm³/mol. The molecule has 2 aromatic rings. The molecule has 138 valence electrons. The Labute approximate surface area is 156 Å². The van der Waals surface area contributed by atoms with Gasteiger partial charge in [0.1, 0.15) is 12.6 Å². The molecule has 1 saturated heterocycles. The number of carbonyl (C=O) groups excluding carboxylic acids is 4. The molecule has 0 aromatic heterocycles. The van der Waals surface area contributed by atoms with Gasteiger partial charge in [-0.2, -0.15) is 0 Å². The second kappa shape index (κ2) is 8.40. The molecule has 6 heteroatoms. The SMILES string of the molecule is O=C(C(=O)c1ccccc1)C(=O)N1CCC[C@@H]1C(=O)OCc1ccccc1. The van der Waals surface area contributed by atoms with E-state index in [0.29, 0.717) is 12.8 Å². The largest absolute Gasteiger partial charge is 0.459 e. The Morgan fingerprint density at radius 3 is 2.22 bits per heavy atom. The topological polar surface area (TPSA) is 80.8 Å². The lowest BCUT2D eigenvalue weighted by atomic mass is 10.1. The molecule has 0 saturated carbocycles. The van der Waals surface area contributed by atoms with Crippen molar-refractivity contribution in [2.75, 3.05) is 6.54 Å². The number of ether oxygens (including phenoxy) is 1. The molecule has 1 fully saturated rings. The van der Waals surface area contributed by atoms with Gasteiger partial charge in [-0.15, -0.1) is 0 Å². The highest BCUT2D eigenvalue weighted by Gasteiger charge is 2.39. The minimum Gasteiger partial charge on any atom is -0.459 e. The Bertz CT molecular complexity index is 847. The monoisotopic (exact) mass is 365 g/mol. The molecule has 1 heterocycles. The smallest absolute Gasteiger partial charge is 0.329 e. The predicted octanol–water partition coefficient (Wildman–Crippen LogP) is 2.17. The second-order valence-corrected chi connectivity index (χ2v) is 6.27. The summed E-state index contributed by atoms with van der Waals surface area (Å²) in [5.41, 5.74) is 0.982. The summed E-state index contributed by atoms with van der Waals surface area (Å²) >= 11 is 0. The molecule has 0 unspecified atom stereocenters. The van der Waals surface area contributed by atoms with E-state index >= 15 is 0 Å². The number of benzene rings is 2. The molecular formula is C21H19NO5. The maximum absolute atomic E-state index is 12.5. The van der Waals surface area contributed by atoms with Crippen molar-refractivity contribution in [2.45, 2.75) is 25.5 Å². The summed E-state index contributed by atoms with van der Waals surface area (Å²) < 4.78 is 5.29. The third kappa shape index (κ3) is 4.28. The molecule has 27 heavy (non-hydrogen) atoms. The molecule has 1 aliphatic rings.